The third-order valence-electron chi connectivity index (χ3n) is 3.34. The summed E-state index contributed by atoms with van der Waals surface area (Å²) in [6, 6.07) is 1.71. The average Bonchev–Trinajstić information content (AvgIpc) is 3.04. The summed E-state index contributed by atoms with van der Waals surface area (Å²) >= 11 is 2.70. The zero-order valence-electron chi connectivity index (χ0n) is 11.7. The van der Waals surface area contributed by atoms with Crippen LogP contribution in [0.1, 0.15) is 29.0 Å². The molecule has 2 N–H and O–H groups in total. The zero-order valence-corrected chi connectivity index (χ0v) is 14.1. The van der Waals surface area contributed by atoms with Gasteiger partial charge in [0.2, 0.25) is 0 Å². The normalized spacial score (nSPS) is 14.9. The van der Waals surface area contributed by atoms with Gasteiger partial charge < -0.3 is 5.32 Å². The van der Waals surface area contributed by atoms with Gasteiger partial charge in [-0.2, -0.15) is 0 Å². The Labute approximate surface area is 132 Å². The van der Waals surface area contributed by atoms with Gasteiger partial charge in [0.25, 0.3) is 10.0 Å². The molecule has 114 valence electrons. The quantitative estimate of drug-likeness (QED) is 0.875. The maximum atomic E-state index is 12.4. The predicted octanol–water partition coefficient (Wildman–Crippen LogP) is 2.60. The van der Waals surface area contributed by atoms with E-state index in [0.29, 0.717) is 15.9 Å². The van der Waals surface area contributed by atoms with Gasteiger partial charge in [-0.05, 0) is 49.7 Å². The van der Waals surface area contributed by atoms with Crippen LogP contribution in [0.25, 0.3) is 0 Å². The fourth-order valence-corrected chi connectivity index (χ4v) is 5.85. The van der Waals surface area contributed by atoms with E-state index in [1.807, 2.05) is 12.4 Å². The molecule has 0 atom stereocenters. The first kappa shape index (κ1) is 15.0. The molecule has 1 aliphatic rings. The third-order valence-corrected chi connectivity index (χ3v) is 7.37. The first-order valence-corrected chi connectivity index (χ1v) is 10.00. The number of aromatic nitrogens is 1. The van der Waals surface area contributed by atoms with Gasteiger partial charge in [0.15, 0.2) is 5.13 Å². The van der Waals surface area contributed by atoms with Crippen LogP contribution in [0.3, 0.4) is 0 Å². The van der Waals surface area contributed by atoms with Crippen molar-refractivity contribution in [1.82, 2.24) is 10.3 Å². The molecule has 0 radical (unpaired) electrons. The summed E-state index contributed by atoms with van der Waals surface area (Å²) in [4.78, 5) is 5.65. The van der Waals surface area contributed by atoms with Gasteiger partial charge in [0, 0.05) is 11.4 Å². The van der Waals surface area contributed by atoms with E-state index in [-0.39, 0.29) is 0 Å². The lowest BCUT2D eigenvalue weighted by atomic mass is 10.0. The fraction of sp³-hybridized carbons (Fsp3) is 0.462. The van der Waals surface area contributed by atoms with Crippen molar-refractivity contribution in [2.24, 2.45) is 0 Å². The van der Waals surface area contributed by atoms with Gasteiger partial charge in [0.1, 0.15) is 4.21 Å². The number of fused-ring (bicyclic) bond motifs is 1. The van der Waals surface area contributed by atoms with Crippen molar-refractivity contribution in [2.45, 2.75) is 36.4 Å². The van der Waals surface area contributed by atoms with E-state index in [1.165, 1.54) is 34.0 Å². The number of anilines is 1. The van der Waals surface area contributed by atoms with E-state index in [2.05, 4.69) is 15.0 Å². The molecule has 2 aromatic rings. The minimum Gasteiger partial charge on any atom is -0.316 e. The third kappa shape index (κ3) is 3.28. The summed E-state index contributed by atoms with van der Waals surface area (Å²) in [5.41, 5.74) is 2.03. The Kier molecular flexibility index (Phi) is 4.30. The molecule has 0 unspecified atom stereocenters. The topological polar surface area (TPSA) is 71.1 Å². The lowest BCUT2D eigenvalue weighted by molar-refractivity contribution is 0.603. The highest BCUT2D eigenvalue weighted by atomic mass is 32.2. The van der Waals surface area contributed by atoms with Gasteiger partial charge in [-0.1, -0.05) is 0 Å². The van der Waals surface area contributed by atoms with Gasteiger partial charge in [-0.15, -0.1) is 22.7 Å². The number of rotatable bonds is 5. The lowest BCUT2D eigenvalue weighted by Crippen LogP contribution is -2.11. The Morgan fingerprint density at radius 1 is 1.33 bits per heavy atom. The number of nitrogens with zero attached hydrogens (tertiary/aromatic N) is 1. The van der Waals surface area contributed by atoms with Crippen LogP contribution in [-0.2, 0) is 29.4 Å². The van der Waals surface area contributed by atoms with Crippen molar-refractivity contribution < 1.29 is 8.42 Å². The highest BCUT2D eigenvalue weighted by Crippen LogP contribution is 2.31. The molecular weight excluding hydrogens is 326 g/mol. The standard InChI is InChI=1S/C13H17N3O2S3/c1-14-7-9-6-12(19-8-9)21(17,18)16-13-15-10-4-2-3-5-11(10)20-13/h6,8,14H,2-5,7H2,1H3,(H,15,16). The first-order chi connectivity index (χ1) is 10.1. The van der Waals surface area contributed by atoms with Crippen LogP contribution in [0.15, 0.2) is 15.7 Å². The molecule has 5 nitrogen and oxygen atoms in total. The van der Waals surface area contributed by atoms with Crippen LogP contribution in [0.5, 0.6) is 0 Å². The van der Waals surface area contributed by atoms with Crippen molar-refractivity contribution in [3.05, 3.63) is 27.6 Å². The van der Waals surface area contributed by atoms with Crippen molar-refractivity contribution in [3.63, 3.8) is 0 Å². The minimum absolute atomic E-state index is 0.334. The summed E-state index contributed by atoms with van der Waals surface area (Å²) in [6.45, 7) is 0.664. The lowest BCUT2D eigenvalue weighted by Gasteiger charge is -2.06. The summed E-state index contributed by atoms with van der Waals surface area (Å²) in [6.07, 6.45) is 4.28. The summed E-state index contributed by atoms with van der Waals surface area (Å²) in [5, 5.41) is 5.36. The molecule has 2 aromatic heterocycles. The van der Waals surface area contributed by atoms with Gasteiger partial charge in [-0.3, -0.25) is 4.72 Å². The highest BCUT2D eigenvalue weighted by molar-refractivity contribution is 7.94. The fourth-order valence-electron chi connectivity index (χ4n) is 2.35. The number of nitrogens with one attached hydrogen (secondary N) is 2. The van der Waals surface area contributed by atoms with Gasteiger partial charge >= 0.3 is 0 Å². The second-order valence-corrected chi connectivity index (χ2v) is 8.91. The molecule has 21 heavy (non-hydrogen) atoms. The van der Waals surface area contributed by atoms with Crippen molar-refractivity contribution in [2.75, 3.05) is 11.8 Å². The molecule has 0 spiro atoms. The number of hydrogen-bond donors (Lipinski definition) is 2. The molecule has 1 aliphatic carbocycles. The molecule has 0 amide bonds. The minimum atomic E-state index is -3.52. The SMILES string of the molecule is CNCc1csc(S(=O)(=O)Nc2nc3c(s2)CCCC3)c1. The average molecular weight is 343 g/mol. The van der Waals surface area contributed by atoms with Crippen LogP contribution in [0.2, 0.25) is 0 Å². The number of thiazole rings is 1. The van der Waals surface area contributed by atoms with Gasteiger partial charge in [0.05, 0.1) is 5.69 Å². The van der Waals surface area contributed by atoms with E-state index in [9.17, 15) is 8.42 Å². The van der Waals surface area contributed by atoms with E-state index >= 15 is 0 Å². The maximum absolute atomic E-state index is 12.4. The van der Waals surface area contributed by atoms with E-state index in [0.717, 1.165) is 30.5 Å². The Morgan fingerprint density at radius 2 is 2.14 bits per heavy atom. The number of thiophene rings is 1. The Balaban J connectivity index is 1.80. The van der Waals surface area contributed by atoms with E-state index < -0.39 is 10.0 Å². The summed E-state index contributed by atoms with van der Waals surface area (Å²) < 4.78 is 27.7. The number of hydrogen-bond acceptors (Lipinski definition) is 6. The highest BCUT2D eigenvalue weighted by Gasteiger charge is 2.21. The molecule has 0 aliphatic heterocycles. The van der Waals surface area contributed by atoms with Crippen LogP contribution in [-0.4, -0.2) is 20.4 Å². The number of sulfonamides is 1. The largest absolute Gasteiger partial charge is 0.316 e. The van der Waals surface area contributed by atoms with Crippen molar-refractivity contribution in [1.29, 1.82) is 0 Å². The Bertz CT molecular complexity index is 710. The first-order valence-electron chi connectivity index (χ1n) is 6.82. The van der Waals surface area contributed by atoms with Crippen LogP contribution < -0.4 is 10.0 Å². The zero-order chi connectivity index (χ0) is 14.9. The van der Waals surface area contributed by atoms with E-state index in [1.54, 1.807) is 6.07 Å². The molecule has 8 heteroatoms. The molecule has 0 bridgehead atoms. The summed E-state index contributed by atoms with van der Waals surface area (Å²) in [5.74, 6) is 0. The molecule has 0 fully saturated rings. The van der Waals surface area contributed by atoms with Crippen LogP contribution in [0, 0.1) is 0 Å². The van der Waals surface area contributed by atoms with E-state index in [4.69, 9.17) is 0 Å². The smallest absolute Gasteiger partial charge is 0.273 e. The second kappa shape index (κ2) is 6.04. The predicted molar refractivity (Wildman–Crippen MR) is 86.6 cm³/mol. The second-order valence-electron chi connectivity index (χ2n) is 5.01. The molecule has 0 aromatic carbocycles. The molecular formula is C13H17N3O2S3. The van der Waals surface area contributed by atoms with Gasteiger partial charge in [-0.25, -0.2) is 13.4 Å². The Morgan fingerprint density at radius 3 is 2.90 bits per heavy atom. The number of aryl methyl sites for hydroxylation is 2. The van der Waals surface area contributed by atoms with Crippen molar-refractivity contribution >= 4 is 37.8 Å². The monoisotopic (exact) mass is 343 g/mol. The summed E-state index contributed by atoms with van der Waals surface area (Å²) in [7, 11) is -1.68. The molecule has 2 heterocycles. The van der Waals surface area contributed by atoms with Crippen LogP contribution >= 0.6 is 22.7 Å². The molecule has 0 saturated heterocycles. The maximum Gasteiger partial charge on any atom is 0.273 e. The molecule has 0 saturated carbocycles. The van der Waals surface area contributed by atoms with Crippen molar-refractivity contribution in [3.8, 4) is 0 Å². The molecule has 3 rings (SSSR count). The Hall–Kier alpha value is -0.960. The van der Waals surface area contributed by atoms with Crippen LogP contribution in [0.4, 0.5) is 5.13 Å².